The monoisotopic (exact) mass is 1060 g/mol. The summed E-state index contributed by atoms with van der Waals surface area (Å²) in [6, 6.07) is 55.5. The Morgan fingerprint density at radius 2 is 0.438 bits per heavy atom. The molecule has 4 aromatic carbocycles. The molecule has 0 spiro atoms. The Hall–Kier alpha value is -7.48. The Morgan fingerprint density at radius 3 is 0.625 bits per heavy atom. The highest BCUT2D eigenvalue weighted by Crippen LogP contribution is 2.32. The van der Waals surface area contributed by atoms with Gasteiger partial charge in [-0.15, -0.1) is 0 Å². The van der Waals surface area contributed by atoms with E-state index >= 15 is 0 Å². The van der Waals surface area contributed by atoms with Crippen molar-refractivity contribution in [2.45, 2.75) is 27.7 Å². The number of anilines is 4. The molecule has 8 aromatic rings. The van der Waals surface area contributed by atoms with Gasteiger partial charge in [-0.1, -0.05) is 76.2 Å². The smallest absolute Gasteiger partial charge is 0.0485 e. The van der Waals surface area contributed by atoms with Gasteiger partial charge in [-0.2, -0.15) is 0 Å². The van der Waals surface area contributed by atoms with Crippen LogP contribution in [0.1, 0.15) is 72.7 Å². The minimum Gasteiger partial charge on any atom is -0.369 e. The second-order valence-corrected chi connectivity index (χ2v) is 22.5. The summed E-state index contributed by atoms with van der Waals surface area (Å²) >= 11 is 0. The lowest BCUT2D eigenvalue weighted by atomic mass is 10.0. The molecule has 4 N–H and O–H groups in total. The molecule has 4 fully saturated rings. The lowest BCUT2D eigenvalue weighted by Crippen LogP contribution is -2.46. The van der Waals surface area contributed by atoms with Crippen molar-refractivity contribution in [2.24, 2.45) is 0 Å². The van der Waals surface area contributed by atoms with Crippen molar-refractivity contribution < 1.29 is 0 Å². The minimum atomic E-state index is 1.04. The molecular weight excluding hydrogens is 985 g/mol. The van der Waals surface area contributed by atoms with Gasteiger partial charge in [-0.05, 0) is 145 Å². The molecule has 0 unspecified atom stereocenters. The van der Waals surface area contributed by atoms with E-state index in [9.17, 15) is 0 Å². The summed E-state index contributed by atoms with van der Waals surface area (Å²) in [6.45, 7) is 30.5. The lowest BCUT2D eigenvalue weighted by Gasteiger charge is -2.35. The van der Waals surface area contributed by atoms with Gasteiger partial charge in [0.2, 0.25) is 0 Å². The van der Waals surface area contributed by atoms with Crippen LogP contribution < -0.4 is 41.0 Å². The number of aromatic amines is 4. The maximum atomic E-state index is 4.06. The molecule has 4 saturated heterocycles. The molecule has 0 atom stereocenters. The topological polar surface area (TPSA) is 89.1 Å². The van der Waals surface area contributed by atoms with Crippen molar-refractivity contribution in [2.75, 3.05) is 150 Å². The molecule has 412 valence electrons. The molecular formula is C68H80N12. The Balaban J connectivity index is 0.988. The van der Waals surface area contributed by atoms with Crippen molar-refractivity contribution in [1.82, 2.24) is 39.5 Å². The van der Waals surface area contributed by atoms with Crippen molar-refractivity contribution in [3.05, 3.63) is 212 Å². The van der Waals surface area contributed by atoms with Crippen molar-refractivity contribution in [1.29, 1.82) is 0 Å². The van der Waals surface area contributed by atoms with Crippen LogP contribution in [0, 0.1) is 0 Å². The SMILES string of the molecule is CCN1CCN(c2ccc(C3=c4ccc([nH]4)=C(c4ccc(N5CCN(CC)CC5)cc4)c4ccc([nH]4)C(c4ccc(N5CCN(CC)CC5)cc4)=c4ccc([nH]4)=C(c4ccc(N5CCN(CC)CC5)cc4)c4ccc3[nH]4)cc2)CC1. The zero-order valence-electron chi connectivity index (χ0n) is 47.6. The Kier molecular flexibility index (Phi) is 14.9. The van der Waals surface area contributed by atoms with Gasteiger partial charge >= 0.3 is 0 Å². The molecule has 12 nitrogen and oxygen atoms in total. The van der Waals surface area contributed by atoms with Crippen molar-refractivity contribution >= 4 is 45.0 Å². The summed E-state index contributed by atoms with van der Waals surface area (Å²) in [5.74, 6) is 0. The van der Waals surface area contributed by atoms with Crippen LogP contribution in [-0.2, 0) is 0 Å². The molecule has 5 aliphatic rings. The molecule has 0 aliphatic carbocycles. The summed E-state index contributed by atoms with van der Waals surface area (Å²) in [4.78, 5) is 36.6. The van der Waals surface area contributed by atoms with Gasteiger partial charge in [0.15, 0.2) is 0 Å². The summed E-state index contributed by atoms with van der Waals surface area (Å²) in [5.41, 5.74) is 18.5. The van der Waals surface area contributed by atoms with Crippen LogP contribution in [0.15, 0.2) is 146 Å². The number of hydrogen-bond acceptors (Lipinski definition) is 8. The molecule has 9 heterocycles. The molecule has 0 saturated carbocycles. The minimum absolute atomic E-state index is 1.04. The van der Waals surface area contributed by atoms with Gasteiger partial charge in [0.25, 0.3) is 0 Å². The Bertz CT molecular complexity index is 3160. The van der Waals surface area contributed by atoms with E-state index in [0.717, 1.165) is 220 Å². The van der Waals surface area contributed by atoms with E-state index in [0.29, 0.717) is 0 Å². The zero-order chi connectivity index (χ0) is 54.1. The largest absolute Gasteiger partial charge is 0.369 e. The third-order valence-corrected chi connectivity index (χ3v) is 18.3. The second-order valence-electron chi connectivity index (χ2n) is 22.5. The van der Waals surface area contributed by atoms with Crippen molar-refractivity contribution in [3.63, 3.8) is 0 Å². The van der Waals surface area contributed by atoms with Crippen molar-refractivity contribution in [3.8, 4) is 0 Å². The molecule has 8 bridgehead atoms. The summed E-state index contributed by atoms with van der Waals surface area (Å²) in [5, 5.41) is 4.22. The first kappa shape index (κ1) is 51.9. The Labute approximate surface area is 472 Å². The highest BCUT2D eigenvalue weighted by molar-refractivity contribution is 5.85. The molecule has 0 amide bonds. The summed E-state index contributed by atoms with van der Waals surface area (Å²) in [7, 11) is 0. The highest BCUT2D eigenvalue weighted by Gasteiger charge is 2.24. The van der Waals surface area contributed by atoms with E-state index in [2.05, 4.69) is 232 Å². The van der Waals surface area contributed by atoms with E-state index in [1.807, 2.05) is 0 Å². The average molecular weight is 1070 g/mol. The number of benzene rings is 4. The third-order valence-electron chi connectivity index (χ3n) is 18.3. The number of aromatic nitrogens is 4. The summed E-state index contributed by atoms with van der Waals surface area (Å²) in [6.07, 6.45) is 0. The van der Waals surface area contributed by atoms with E-state index < -0.39 is 0 Å². The number of hydrogen-bond donors (Lipinski definition) is 4. The fourth-order valence-corrected chi connectivity index (χ4v) is 13.2. The second kappa shape index (κ2) is 22.9. The first-order valence-corrected chi connectivity index (χ1v) is 30.0. The standard InChI is InChI=1S/C68H80N12/c1-5-73-33-41-77(42-34-73)53-17-9-49(10-18-53)65-57-25-27-59(69-57)66(50-11-19-54(20-12-50)78-43-35-74(6-2)36-44-78)61-29-31-63(71-61)68(52-15-23-56(24-16-52)80-47-39-76(8-4)40-48-80)64-32-30-62(72-64)67(60-28-26-58(65)70-60)51-13-21-55(22-14-51)79-45-37-75(7-3)38-46-79/h9-32,69-72H,5-8,33-48H2,1-4H3. The number of fused-ring (bicyclic) bond motifs is 8. The molecule has 12 heteroatoms. The van der Waals surface area contributed by atoms with Crippen LogP contribution >= 0.6 is 0 Å². The van der Waals surface area contributed by atoms with Crippen LogP contribution in [-0.4, -0.2) is 170 Å². The predicted octanol–water partition coefficient (Wildman–Crippen LogP) is 6.87. The van der Waals surface area contributed by atoms with Gasteiger partial charge in [0, 0.05) is 194 Å². The fourth-order valence-electron chi connectivity index (χ4n) is 13.2. The number of nitrogens with zero attached hydrogens (tertiary/aromatic N) is 8. The van der Waals surface area contributed by atoms with Gasteiger partial charge in [-0.25, -0.2) is 0 Å². The van der Waals surface area contributed by atoms with Crippen LogP contribution in [0.3, 0.4) is 0 Å². The van der Waals surface area contributed by atoms with Gasteiger partial charge in [0.05, 0.1) is 0 Å². The summed E-state index contributed by atoms with van der Waals surface area (Å²) < 4.78 is 0. The first-order chi connectivity index (χ1) is 39.4. The molecule has 4 aromatic heterocycles. The Morgan fingerprint density at radius 1 is 0.237 bits per heavy atom. The first-order valence-electron chi connectivity index (χ1n) is 30.0. The number of rotatable bonds is 12. The van der Waals surface area contributed by atoms with Gasteiger partial charge in [0.1, 0.15) is 0 Å². The van der Waals surface area contributed by atoms with E-state index in [-0.39, 0.29) is 0 Å². The quantitative estimate of drug-likeness (QED) is 0.106. The molecule has 5 aliphatic heterocycles. The maximum absolute atomic E-state index is 4.06. The molecule has 80 heavy (non-hydrogen) atoms. The van der Waals surface area contributed by atoms with E-state index in [1.54, 1.807) is 0 Å². The maximum Gasteiger partial charge on any atom is 0.0485 e. The number of nitrogens with one attached hydrogen (secondary N) is 4. The fraction of sp³-hybridized carbons (Fsp3) is 0.353. The molecule has 0 radical (unpaired) electrons. The predicted molar refractivity (Wildman–Crippen MR) is 331 cm³/mol. The van der Waals surface area contributed by atoms with Crippen LogP contribution in [0.25, 0.3) is 22.3 Å². The van der Waals surface area contributed by atoms with E-state index in [1.165, 1.54) is 22.7 Å². The third kappa shape index (κ3) is 10.5. The molecule has 13 rings (SSSR count). The normalized spacial score (nSPS) is 18.2. The zero-order valence-corrected chi connectivity index (χ0v) is 47.6. The number of likely N-dealkylation sites (N-methyl/N-ethyl adjacent to an activating group) is 4. The van der Waals surface area contributed by atoms with Gasteiger partial charge < -0.3 is 59.1 Å². The average Bonchev–Trinajstić information content (AvgIpc) is 4.42. The van der Waals surface area contributed by atoms with Crippen LogP contribution in [0.4, 0.5) is 22.7 Å². The van der Waals surface area contributed by atoms with Crippen LogP contribution in [0.5, 0.6) is 0 Å². The van der Waals surface area contributed by atoms with E-state index in [4.69, 9.17) is 0 Å². The lowest BCUT2D eigenvalue weighted by molar-refractivity contribution is 0.271. The van der Waals surface area contributed by atoms with Crippen LogP contribution in [0.2, 0.25) is 0 Å². The number of H-pyrrole nitrogens is 4. The number of piperazine rings is 4. The highest BCUT2D eigenvalue weighted by atomic mass is 15.3. The van der Waals surface area contributed by atoms with Gasteiger partial charge in [-0.3, -0.25) is 0 Å².